The lowest BCUT2D eigenvalue weighted by Gasteiger charge is -2.10. The van der Waals surface area contributed by atoms with E-state index in [0.29, 0.717) is 12.4 Å². The van der Waals surface area contributed by atoms with Crippen LogP contribution in [0.4, 0.5) is 13.2 Å². The average molecular weight is 324 g/mol. The number of hydrogen-bond acceptors (Lipinski definition) is 2. The van der Waals surface area contributed by atoms with E-state index in [4.69, 9.17) is 9.84 Å². The van der Waals surface area contributed by atoms with Gasteiger partial charge in [-0.05, 0) is 18.6 Å². The predicted molar refractivity (Wildman–Crippen MR) is 82.7 cm³/mol. The molecule has 1 N–H and O–H groups in total. The third-order valence-electron chi connectivity index (χ3n) is 3.58. The van der Waals surface area contributed by atoms with Crippen molar-refractivity contribution < 1.29 is 23.0 Å². The molecule has 0 saturated carbocycles. The Morgan fingerprint density at radius 1 is 0.957 bits per heavy atom. The Morgan fingerprint density at radius 3 is 2.35 bits per heavy atom. The van der Waals surface area contributed by atoms with Crippen LogP contribution in [0.3, 0.4) is 0 Å². The normalized spacial score (nSPS) is 10.8. The fourth-order valence-electron chi connectivity index (χ4n) is 2.27. The summed E-state index contributed by atoms with van der Waals surface area (Å²) in [6.45, 7) is 1.95. The van der Waals surface area contributed by atoms with Crippen molar-refractivity contribution in [3.63, 3.8) is 0 Å². The molecule has 2 rings (SSSR count). The van der Waals surface area contributed by atoms with Crippen LogP contribution in [0.25, 0.3) is 11.1 Å². The third kappa shape index (κ3) is 4.05. The number of aliphatic hydroxyl groups is 1. The van der Waals surface area contributed by atoms with Gasteiger partial charge in [-0.15, -0.1) is 0 Å². The predicted octanol–water partition coefficient (Wildman–Crippen LogP) is 4.83. The molecule has 23 heavy (non-hydrogen) atoms. The molecular formula is C18H19F3O2. The molecule has 2 aromatic rings. The summed E-state index contributed by atoms with van der Waals surface area (Å²) in [5.74, 6) is -2.67. The van der Waals surface area contributed by atoms with Gasteiger partial charge in [-0.3, -0.25) is 0 Å². The zero-order valence-corrected chi connectivity index (χ0v) is 12.9. The highest BCUT2D eigenvalue weighted by atomic mass is 19.2. The highest BCUT2D eigenvalue weighted by Gasteiger charge is 2.17. The molecule has 0 saturated heterocycles. The molecule has 0 unspecified atom stereocenters. The highest BCUT2D eigenvalue weighted by molar-refractivity contribution is 5.66. The van der Waals surface area contributed by atoms with Crippen molar-refractivity contribution in [2.24, 2.45) is 0 Å². The first-order valence-electron chi connectivity index (χ1n) is 7.59. The molecule has 5 heteroatoms. The van der Waals surface area contributed by atoms with Crippen LogP contribution in [-0.2, 0) is 6.61 Å². The molecule has 0 bridgehead atoms. The molecule has 0 aliphatic heterocycles. The van der Waals surface area contributed by atoms with Gasteiger partial charge >= 0.3 is 0 Å². The van der Waals surface area contributed by atoms with Gasteiger partial charge in [0.25, 0.3) is 0 Å². The van der Waals surface area contributed by atoms with Crippen molar-refractivity contribution in [3.05, 3.63) is 53.3 Å². The van der Waals surface area contributed by atoms with Crippen molar-refractivity contribution in [2.75, 3.05) is 6.61 Å². The van der Waals surface area contributed by atoms with E-state index in [2.05, 4.69) is 6.92 Å². The summed E-state index contributed by atoms with van der Waals surface area (Å²) in [5.41, 5.74) is -0.399. The van der Waals surface area contributed by atoms with Gasteiger partial charge in [0.1, 0.15) is 11.6 Å². The van der Waals surface area contributed by atoms with E-state index in [1.807, 2.05) is 0 Å². The minimum atomic E-state index is -1.17. The molecule has 0 aliphatic carbocycles. The minimum Gasteiger partial charge on any atom is -0.493 e. The smallest absolute Gasteiger partial charge is 0.167 e. The summed E-state index contributed by atoms with van der Waals surface area (Å²) in [4.78, 5) is 0. The van der Waals surface area contributed by atoms with E-state index in [1.165, 1.54) is 30.3 Å². The fraction of sp³-hybridized carbons (Fsp3) is 0.333. The summed E-state index contributed by atoms with van der Waals surface area (Å²) in [7, 11) is 0. The van der Waals surface area contributed by atoms with Crippen LogP contribution in [0.5, 0.6) is 5.75 Å². The van der Waals surface area contributed by atoms with Crippen LogP contribution in [0.15, 0.2) is 30.3 Å². The second-order valence-electron chi connectivity index (χ2n) is 5.26. The van der Waals surface area contributed by atoms with Crippen molar-refractivity contribution in [3.8, 4) is 16.9 Å². The van der Waals surface area contributed by atoms with Gasteiger partial charge in [-0.25, -0.2) is 13.2 Å². The molecule has 0 fully saturated rings. The first-order valence-corrected chi connectivity index (χ1v) is 7.59. The first kappa shape index (κ1) is 17.3. The number of rotatable bonds is 7. The number of ether oxygens (including phenoxy) is 1. The number of hydrogen-bond donors (Lipinski definition) is 1. The Morgan fingerprint density at radius 2 is 1.70 bits per heavy atom. The van der Waals surface area contributed by atoms with Gasteiger partial charge in [0.15, 0.2) is 11.6 Å². The number of unbranched alkanes of at least 4 members (excludes halogenated alkanes) is 2. The lowest BCUT2D eigenvalue weighted by Crippen LogP contribution is -2.00. The van der Waals surface area contributed by atoms with Gasteiger partial charge in [0, 0.05) is 22.8 Å². The molecule has 0 amide bonds. The van der Waals surface area contributed by atoms with Crippen LogP contribution in [-0.4, -0.2) is 11.7 Å². The quantitative estimate of drug-likeness (QED) is 0.739. The number of halogens is 3. The topological polar surface area (TPSA) is 29.5 Å². The molecule has 0 heterocycles. The second kappa shape index (κ2) is 8.02. The SMILES string of the molecule is CCCCCOc1ccc(-c2ccc(CO)c(F)c2F)c(F)c1. The molecule has 0 atom stereocenters. The Bertz CT molecular complexity index is 672. The summed E-state index contributed by atoms with van der Waals surface area (Å²) < 4.78 is 47.4. The lowest BCUT2D eigenvalue weighted by atomic mass is 10.0. The molecule has 124 valence electrons. The maximum atomic E-state index is 14.2. The minimum absolute atomic E-state index is 0.0493. The van der Waals surface area contributed by atoms with Gasteiger partial charge in [-0.2, -0.15) is 0 Å². The van der Waals surface area contributed by atoms with Crippen molar-refractivity contribution in [1.82, 2.24) is 0 Å². The molecule has 2 nitrogen and oxygen atoms in total. The Hall–Kier alpha value is -2.01. The van der Waals surface area contributed by atoms with Gasteiger partial charge in [0.2, 0.25) is 0 Å². The van der Waals surface area contributed by atoms with Crippen molar-refractivity contribution in [2.45, 2.75) is 32.8 Å². The highest BCUT2D eigenvalue weighted by Crippen LogP contribution is 2.30. The fourth-order valence-corrected chi connectivity index (χ4v) is 2.27. The maximum absolute atomic E-state index is 14.2. The van der Waals surface area contributed by atoms with E-state index in [-0.39, 0.29) is 16.7 Å². The van der Waals surface area contributed by atoms with Gasteiger partial charge in [0.05, 0.1) is 13.2 Å². The number of benzene rings is 2. The Kier molecular flexibility index (Phi) is 6.04. The Labute approximate surface area is 133 Å². The van der Waals surface area contributed by atoms with Gasteiger partial charge in [-0.1, -0.05) is 31.9 Å². The summed E-state index contributed by atoms with van der Waals surface area (Å²) in [6, 6.07) is 6.55. The van der Waals surface area contributed by atoms with Gasteiger partial charge < -0.3 is 9.84 Å². The summed E-state index contributed by atoms with van der Waals surface area (Å²) in [6.07, 6.45) is 2.97. The zero-order valence-electron chi connectivity index (χ0n) is 12.9. The molecular weight excluding hydrogens is 305 g/mol. The standard InChI is InChI=1S/C18H19F3O2/c1-2-3-4-9-23-13-6-8-14(16(19)10-13)15-7-5-12(11-22)17(20)18(15)21/h5-8,10,22H,2-4,9,11H2,1H3. The summed E-state index contributed by atoms with van der Waals surface area (Å²) >= 11 is 0. The van der Waals surface area contributed by atoms with Crippen LogP contribution in [0, 0.1) is 17.5 Å². The molecule has 0 radical (unpaired) electrons. The van der Waals surface area contributed by atoms with E-state index in [9.17, 15) is 13.2 Å². The largest absolute Gasteiger partial charge is 0.493 e. The number of aliphatic hydroxyl groups excluding tert-OH is 1. The molecule has 2 aromatic carbocycles. The lowest BCUT2D eigenvalue weighted by molar-refractivity contribution is 0.273. The van der Waals surface area contributed by atoms with Crippen LogP contribution < -0.4 is 4.74 Å². The molecule has 0 aliphatic rings. The molecule has 0 spiro atoms. The van der Waals surface area contributed by atoms with E-state index in [0.717, 1.165) is 19.3 Å². The van der Waals surface area contributed by atoms with Crippen LogP contribution in [0.1, 0.15) is 31.7 Å². The van der Waals surface area contributed by atoms with Crippen LogP contribution in [0.2, 0.25) is 0 Å². The van der Waals surface area contributed by atoms with Crippen molar-refractivity contribution in [1.29, 1.82) is 0 Å². The van der Waals surface area contributed by atoms with E-state index >= 15 is 0 Å². The summed E-state index contributed by atoms with van der Waals surface area (Å²) in [5, 5.41) is 8.92. The van der Waals surface area contributed by atoms with Crippen LogP contribution >= 0.6 is 0 Å². The third-order valence-corrected chi connectivity index (χ3v) is 3.58. The average Bonchev–Trinajstić information content (AvgIpc) is 2.55. The second-order valence-corrected chi connectivity index (χ2v) is 5.26. The zero-order chi connectivity index (χ0) is 16.8. The van der Waals surface area contributed by atoms with Crippen molar-refractivity contribution >= 4 is 0 Å². The van der Waals surface area contributed by atoms with E-state index < -0.39 is 24.1 Å². The maximum Gasteiger partial charge on any atom is 0.167 e. The monoisotopic (exact) mass is 324 g/mol. The first-order chi connectivity index (χ1) is 11.1. The molecule has 0 aromatic heterocycles. The Balaban J connectivity index is 2.23. The van der Waals surface area contributed by atoms with E-state index in [1.54, 1.807) is 0 Å².